The molecule has 2 rings (SSSR count). The summed E-state index contributed by atoms with van der Waals surface area (Å²) in [5.74, 6) is 0.296. The number of H-pyrrole nitrogens is 1. The molecular formula is C12H15N3O. The number of aryl methyl sites for hydroxylation is 1. The Bertz CT molecular complexity index is 484. The SMILES string of the molecule is Cc1[nH]c(=O)nc2c1CCCC2CCC#N. The summed E-state index contributed by atoms with van der Waals surface area (Å²) in [6.07, 6.45) is 4.52. The van der Waals surface area contributed by atoms with Crippen molar-refractivity contribution in [3.05, 3.63) is 27.4 Å². The van der Waals surface area contributed by atoms with Crippen LogP contribution in [-0.2, 0) is 6.42 Å². The first-order valence-corrected chi connectivity index (χ1v) is 5.69. The summed E-state index contributed by atoms with van der Waals surface area (Å²) in [5.41, 5.74) is 2.80. The molecule has 1 aliphatic carbocycles. The van der Waals surface area contributed by atoms with Crippen molar-refractivity contribution in [3.8, 4) is 6.07 Å². The van der Waals surface area contributed by atoms with Gasteiger partial charge >= 0.3 is 5.69 Å². The number of hydrogen-bond acceptors (Lipinski definition) is 3. The fourth-order valence-corrected chi connectivity index (χ4v) is 2.47. The summed E-state index contributed by atoms with van der Waals surface area (Å²) < 4.78 is 0. The zero-order chi connectivity index (χ0) is 11.5. The van der Waals surface area contributed by atoms with Gasteiger partial charge in [0.1, 0.15) is 0 Å². The molecule has 0 bridgehead atoms. The third kappa shape index (κ3) is 1.99. The zero-order valence-electron chi connectivity index (χ0n) is 9.42. The molecule has 1 aliphatic rings. The van der Waals surface area contributed by atoms with Crippen LogP contribution in [-0.4, -0.2) is 9.97 Å². The number of rotatable bonds is 2. The Morgan fingerprint density at radius 2 is 2.44 bits per heavy atom. The highest BCUT2D eigenvalue weighted by molar-refractivity contribution is 5.29. The molecule has 16 heavy (non-hydrogen) atoms. The predicted octanol–water partition coefficient (Wildman–Crippen LogP) is 1.80. The van der Waals surface area contributed by atoms with E-state index in [4.69, 9.17) is 5.26 Å². The van der Waals surface area contributed by atoms with Gasteiger partial charge in [-0.15, -0.1) is 0 Å². The van der Waals surface area contributed by atoms with Crippen molar-refractivity contribution in [2.75, 3.05) is 0 Å². The number of nitrogens with zero attached hydrogens (tertiary/aromatic N) is 2. The van der Waals surface area contributed by atoms with Gasteiger partial charge in [0.15, 0.2) is 0 Å². The molecular weight excluding hydrogens is 202 g/mol. The molecule has 1 atom stereocenters. The van der Waals surface area contributed by atoms with Crippen molar-refractivity contribution >= 4 is 0 Å². The van der Waals surface area contributed by atoms with E-state index in [9.17, 15) is 4.79 Å². The van der Waals surface area contributed by atoms with Gasteiger partial charge in [-0.05, 0) is 38.2 Å². The molecule has 4 heteroatoms. The van der Waals surface area contributed by atoms with Gasteiger partial charge in [0, 0.05) is 18.0 Å². The monoisotopic (exact) mass is 217 g/mol. The van der Waals surface area contributed by atoms with Crippen molar-refractivity contribution in [2.45, 2.75) is 44.9 Å². The summed E-state index contributed by atoms with van der Waals surface area (Å²) in [7, 11) is 0. The van der Waals surface area contributed by atoms with Crippen molar-refractivity contribution in [1.29, 1.82) is 5.26 Å². The molecule has 0 saturated heterocycles. The van der Waals surface area contributed by atoms with Crippen molar-refractivity contribution in [3.63, 3.8) is 0 Å². The summed E-state index contributed by atoms with van der Waals surface area (Å²) in [4.78, 5) is 18.2. The van der Waals surface area contributed by atoms with E-state index in [0.29, 0.717) is 12.3 Å². The summed E-state index contributed by atoms with van der Waals surface area (Å²) >= 11 is 0. The Labute approximate surface area is 94.3 Å². The summed E-state index contributed by atoms with van der Waals surface area (Å²) in [5, 5.41) is 8.62. The largest absolute Gasteiger partial charge is 0.345 e. The van der Waals surface area contributed by atoms with Crippen LogP contribution in [0.1, 0.15) is 48.6 Å². The maximum Gasteiger partial charge on any atom is 0.345 e. The Kier molecular flexibility index (Phi) is 3.04. The molecule has 0 aromatic carbocycles. The first-order chi connectivity index (χ1) is 7.72. The second-order valence-electron chi connectivity index (χ2n) is 4.32. The first-order valence-electron chi connectivity index (χ1n) is 5.69. The second kappa shape index (κ2) is 4.48. The van der Waals surface area contributed by atoms with E-state index in [2.05, 4.69) is 16.0 Å². The highest BCUT2D eigenvalue weighted by Gasteiger charge is 2.23. The fraction of sp³-hybridized carbons (Fsp3) is 0.583. The van der Waals surface area contributed by atoms with Gasteiger partial charge in [-0.1, -0.05) is 0 Å². The lowest BCUT2D eigenvalue weighted by atomic mass is 9.83. The minimum Gasteiger partial charge on any atom is -0.310 e. The maximum absolute atomic E-state index is 11.3. The molecule has 4 nitrogen and oxygen atoms in total. The lowest BCUT2D eigenvalue weighted by molar-refractivity contribution is 0.505. The topological polar surface area (TPSA) is 69.5 Å². The molecule has 1 heterocycles. The molecule has 0 saturated carbocycles. The van der Waals surface area contributed by atoms with Crippen LogP contribution < -0.4 is 5.69 Å². The maximum atomic E-state index is 11.3. The average Bonchev–Trinajstić information content (AvgIpc) is 2.26. The molecule has 1 aromatic heterocycles. The van der Waals surface area contributed by atoms with Crippen molar-refractivity contribution < 1.29 is 0 Å². The van der Waals surface area contributed by atoms with Gasteiger partial charge in [0.25, 0.3) is 0 Å². The molecule has 0 amide bonds. The summed E-state index contributed by atoms with van der Waals surface area (Å²) in [6.45, 7) is 1.93. The molecule has 1 unspecified atom stereocenters. The third-order valence-electron chi connectivity index (χ3n) is 3.25. The van der Waals surface area contributed by atoms with E-state index in [1.54, 1.807) is 0 Å². The minimum atomic E-state index is -0.264. The molecule has 1 aromatic rings. The van der Waals surface area contributed by atoms with E-state index in [1.165, 1.54) is 5.56 Å². The molecule has 0 fully saturated rings. The number of aromatic amines is 1. The smallest absolute Gasteiger partial charge is 0.310 e. The number of aromatic nitrogens is 2. The van der Waals surface area contributed by atoms with Crippen LogP contribution in [0.5, 0.6) is 0 Å². The van der Waals surface area contributed by atoms with Crippen LogP contribution in [0.15, 0.2) is 4.79 Å². The van der Waals surface area contributed by atoms with Crippen LogP contribution in [0, 0.1) is 18.3 Å². The molecule has 0 aliphatic heterocycles. The number of nitrogens with one attached hydrogen (secondary N) is 1. The lowest BCUT2D eigenvalue weighted by Crippen LogP contribution is -2.22. The highest BCUT2D eigenvalue weighted by atomic mass is 16.1. The van der Waals surface area contributed by atoms with Crippen molar-refractivity contribution in [2.24, 2.45) is 0 Å². The minimum absolute atomic E-state index is 0.264. The van der Waals surface area contributed by atoms with Gasteiger partial charge in [-0.2, -0.15) is 10.2 Å². The normalized spacial score (nSPS) is 18.9. The first kappa shape index (κ1) is 10.9. The quantitative estimate of drug-likeness (QED) is 0.821. The van der Waals surface area contributed by atoms with Gasteiger partial charge in [0.05, 0.1) is 11.8 Å². The number of nitriles is 1. The van der Waals surface area contributed by atoms with E-state index in [1.807, 2.05) is 6.92 Å². The second-order valence-corrected chi connectivity index (χ2v) is 4.32. The van der Waals surface area contributed by atoms with Gasteiger partial charge in [-0.25, -0.2) is 4.79 Å². The van der Waals surface area contributed by atoms with E-state index < -0.39 is 0 Å². The zero-order valence-corrected chi connectivity index (χ0v) is 9.42. The van der Waals surface area contributed by atoms with Gasteiger partial charge < -0.3 is 4.98 Å². The lowest BCUT2D eigenvalue weighted by Gasteiger charge is -2.24. The van der Waals surface area contributed by atoms with Crippen LogP contribution in [0.4, 0.5) is 0 Å². The molecule has 1 N–H and O–H groups in total. The fourth-order valence-electron chi connectivity index (χ4n) is 2.47. The number of fused-ring (bicyclic) bond motifs is 1. The van der Waals surface area contributed by atoms with Gasteiger partial charge in [0.2, 0.25) is 0 Å². The predicted molar refractivity (Wildman–Crippen MR) is 60.1 cm³/mol. The number of hydrogen-bond donors (Lipinski definition) is 1. The Hall–Kier alpha value is -1.63. The molecule has 0 spiro atoms. The van der Waals surface area contributed by atoms with Gasteiger partial charge in [-0.3, -0.25) is 0 Å². The Morgan fingerprint density at radius 1 is 1.62 bits per heavy atom. The van der Waals surface area contributed by atoms with E-state index >= 15 is 0 Å². The standard InChI is InChI=1S/C12H15N3O/c1-8-10-6-2-4-9(5-3-7-13)11(10)15-12(16)14-8/h9H,2-6H2,1H3,(H,14,15,16). The van der Waals surface area contributed by atoms with Crippen LogP contribution >= 0.6 is 0 Å². The average molecular weight is 217 g/mol. The summed E-state index contributed by atoms with van der Waals surface area (Å²) in [6, 6.07) is 2.16. The Morgan fingerprint density at radius 3 is 3.19 bits per heavy atom. The Balaban J connectivity index is 2.38. The molecule has 0 radical (unpaired) electrons. The van der Waals surface area contributed by atoms with Crippen LogP contribution in [0.25, 0.3) is 0 Å². The van der Waals surface area contributed by atoms with Crippen LogP contribution in [0.2, 0.25) is 0 Å². The van der Waals surface area contributed by atoms with Crippen LogP contribution in [0.3, 0.4) is 0 Å². The van der Waals surface area contributed by atoms with E-state index in [0.717, 1.165) is 37.1 Å². The highest BCUT2D eigenvalue weighted by Crippen LogP contribution is 2.33. The van der Waals surface area contributed by atoms with Crippen molar-refractivity contribution in [1.82, 2.24) is 9.97 Å². The third-order valence-corrected chi connectivity index (χ3v) is 3.25. The molecule has 84 valence electrons. The van der Waals surface area contributed by atoms with E-state index in [-0.39, 0.29) is 5.69 Å².